The van der Waals surface area contributed by atoms with Crippen molar-refractivity contribution in [2.24, 2.45) is 9.63 Å². The average Bonchev–Trinajstić information content (AvgIpc) is 1.84. The van der Waals surface area contributed by atoms with Crippen LogP contribution < -0.4 is 0 Å². The first-order chi connectivity index (χ1) is 3.21. The quantitative estimate of drug-likeness (QED) is 0.308. The van der Waals surface area contributed by atoms with Gasteiger partial charge in [-0.2, -0.15) is 5.11 Å². The minimum Gasteiger partial charge on any atom is -0.152 e. The van der Waals surface area contributed by atoms with Gasteiger partial charge in [-0.25, -0.2) is 0 Å². The van der Waals surface area contributed by atoms with Crippen LogP contribution in [0.3, 0.4) is 0 Å². The SMILES string of the molecule is SC1(S)CSN=N1. The predicted octanol–water partition coefficient (Wildman–Crippen LogP) is 1.61. The molecule has 0 radical (unpaired) electrons. The molecule has 0 aromatic rings. The molecule has 0 fully saturated rings. The fraction of sp³-hybridized carbons (Fsp3) is 1.00. The minimum absolute atomic E-state index is 0.495. The van der Waals surface area contributed by atoms with Crippen molar-refractivity contribution in [3.63, 3.8) is 0 Å². The molecular formula is C2H4N2S3. The summed E-state index contributed by atoms with van der Waals surface area (Å²) in [5.41, 5.74) is 0. The third kappa shape index (κ3) is 1.54. The molecule has 40 valence electrons. The van der Waals surface area contributed by atoms with Crippen LogP contribution in [0.25, 0.3) is 0 Å². The molecule has 0 aromatic carbocycles. The molecule has 2 nitrogen and oxygen atoms in total. The van der Waals surface area contributed by atoms with Gasteiger partial charge in [-0.1, -0.05) is 0 Å². The molecule has 0 saturated heterocycles. The van der Waals surface area contributed by atoms with Crippen molar-refractivity contribution in [3.8, 4) is 0 Å². The maximum atomic E-state index is 4.03. The summed E-state index contributed by atoms with van der Waals surface area (Å²) in [5.74, 6) is 0.763. The van der Waals surface area contributed by atoms with E-state index in [1.165, 1.54) is 11.9 Å². The van der Waals surface area contributed by atoms with E-state index < -0.39 is 4.20 Å². The van der Waals surface area contributed by atoms with Crippen molar-refractivity contribution in [1.29, 1.82) is 0 Å². The number of rotatable bonds is 0. The smallest absolute Gasteiger partial charge is 0.152 e. The van der Waals surface area contributed by atoms with Gasteiger partial charge in [-0.05, 0) is 0 Å². The Labute approximate surface area is 57.1 Å². The molecule has 0 atom stereocenters. The Morgan fingerprint density at radius 3 is 2.43 bits per heavy atom. The van der Waals surface area contributed by atoms with Crippen molar-refractivity contribution in [1.82, 2.24) is 0 Å². The lowest BCUT2D eigenvalue weighted by atomic mass is 10.8. The zero-order valence-corrected chi connectivity index (χ0v) is 6.01. The predicted molar refractivity (Wildman–Crippen MR) is 38.0 cm³/mol. The largest absolute Gasteiger partial charge is 0.179 e. The van der Waals surface area contributed by atoms with Crippen molar-refractivity contribution in [3.05, 3.63) is 0 Å². The van der Waals surface area contributed by atoms with E-state index in [9.17, 15) is 0 Å². The summed E-state index contributed by atoms with van der Waals surface area (Å²) in [6.07, 6.45) is 0. The summed E-state index contributed by atoms with van der Waals surface area (Å²) in [6, 6.07) is 0. The Balaban J connectivity index is 2.57. The van der Waals surface area contributed by atoms with Crippen molar-refractivity contribution >= 4 is 37.2 Å². The number of nitrogens with zero attached hydrogens (tertiary/aromatic N) is 2. The first-order valence-corrected chi connectivity index (χ1v) is 3.53. The van der Waals surface area contributed by atoms with Gasteiger partial charge < -0.3 is 0 Å². The highest BCUT2D eigenvalue weighted by molar-refractivity contribution is 8.05. The van der Waals surface area contributed by atoms with Gasteiger partial charge in [0.15, 0.2) is 4.20 Å². The summed E-state index contributed by atoms with van der Waals surface area (Å²) in [4.78, 5) is 0. The van der Waals surface area contributed by atoms with E-state index >= 15 is 0 Å². The van der Waals surface area contributed by atoms with Crippen LogP contribution >= 0.6 is 37.2 Å². The second-order valence-electron chi connectivity index (χ2n) is 1.23. The Bertz CT molecular complexity index is 99.1. The molecule has 0 saturated carbocycles. The second kappa shape index (κ2) is 1.87. The van der Waals surface area contributed by atoms with Crippen LogP contribution in [-0.4, -0.2) is 9.96 Å². The van der Waals surface area contributed by atoms with Crippen LogP contribution in [0.15, 0.2) is 9.63 Å². The molecule has 0 aliphatic carbocycles. The minimum atomic E-state index is -0.495. The van der Waals surface area contributed by atoms with E-state index in [1.807, 2.05) is 0 Å². The third-order valence-electron chi connectivity index (χ3n) is 0.517. The molecule has 0 bridgehead atoms. The molecule has 0 spiro atoms. The molecule has 1 aliphatic heterocycles. The van der Waals surface area contributed by atoms with Crippen molar-refractivity contribution < 1.29 is 0 Å². The summed E-state index contributed by atoms with van der Waals surface area (Å²) in [7, 11) is 0. The van der Waals surface area contributed by atoms with Crippen LogP contribution in [0.2, 0.25) is 0 Å². The molecule has 1 rings (SSSR count). The van der Waals surface area contributed by atoms with E-state index in [2.05, 4.69) is 34.9 Å². The summed E-state index contributed by atoms with van der Waals surface area (Å²) in [5, 5.41) is 3.68. The molecule has 7 heavy (non-hydrogen) atoms. The van der Waals surface area contributed by atoms with Gasteiger partial charge in [0.1, 0.15) is 0 Å². The second-order valence-corrected chi connectivity index (χ2v) is 3.77. The highest BCUT2D eigenvalue weighted by Gasteiger charge is 2.23. The van der Waals surface area contributed by atoms with Gasteiger partial charge in [0, 0.05) is 11.9 Å². The Hall–Kier alpha value is 0.650. The monoisotopic (exact) mass is 152 g/mol. The Morgan fingerprint density at radius 2 is 2.29 bits per heavy atom. The maximum absolute atomic E-state index is 4.03. The molecular weight excluding hydrogens is 148 g/mol. The summed E-state index contributed by atoms with van der Waals surface area (Å²) in [6.45, 7) is 0. The lowest BCUT2D eigenvalue weighted by molar-refractivity contribution is 0.970. The van der Waals surface area contributed by atoms with Crippen LogP contribution in [0.5, 0.6) is 0 Å². The molecule has 1 aliphatic rings. The number of hydrogen-bond donors (Lipinski definition) is 2. The van der Waals surface area contributed by atoms with Crippen LogP contribution in [-0.2, 0) is 0 Å². The standard InChI is InChI=1S/C2H4N2S3/c5-2(6)1-7-4-3-2/h5-6H,1H2. The normalized spacial score (nSPS) is 26.0. The Kier molecular flexibility index (Phi) is 1.55. The van der Waals surface area contributed by atoms with E-state index in [0.29, 0.717) is 0 Å². The maximum Gasteiger partial charge on any atom is 0.179 e. The third-order valence-corrected chi connectivity index (χ3v) is 2.18. The van der Waals surface area contributed by atoms with E-state index in [4.69, 9.17) is 0 Å². The van der Waals surface area contributed by atoms with Gasteiger partial charge >= 0.3 is 0 Å². The first kappa shape index (κ1) is 5.78. The zero-order chi connectivity index (χ0) is 5.33. The highest BCUT2D eigenvalue weighted by Crippen LogP contribution is 2.33. The zero-order valence-electron chi connectivity index (χ0n) is 3.40. The number of thiol groups is 2. The van der Waals surface area contributed by atoms with Gasteiger partial charge in [-0.3, -0.25) is 0 Å². The average molecular weight is 152 g/mol. The molecule has 0 N–H and O–H groups in total. The summed E-state index contributed by atoms with van der Waals surface area (Å²) >= 11 is 9.45. The highest BCUT2D eigenvalue weighted by atomic mass is 32.2. The molecule has 5 heteroatoms. The van der Waals surface area contributed by atoms with Gasteiger partial charge in [0.05, 0.1) is 5.75 Å². The van der Waals surface area contributed by atoms with Crippen molar-refractivity contribution in [2.45, 2.75) is 4.20 Å². The van der Waals surface area contributed by atoms with E-state index in [0.717, 1.165) is 5.75 Å². The molecule has 1 heterocycles. The van der Waals surface area contributed by atoms with Gasteiger partial charge in [0.2, 0.25) is 0 Å². The molecule has 0 unspecified atom stereocenters. The van der Waals surface area contributed by atoms with Gasteiger partial charge in [-0.15, -0.1) is 29.8 Å². The lowest BCUT2D eigenvalue weighted by Gasteiger charge is -2.03. The topological polar surface area (TPSA) is 24.7 Å². The van der Waals surface area contributed by atoms with E-state index in [1.54, 1.807) is 0 Å². The molecule has 0 amide bonds. The van der Waals surface area contributed by atoms with Crippen molar-refractivity contribution in [2.75, 3.05) is 5.75 Å². The number of hydrogen-bond acceptors (Lipinski definition) is 5. The van der Waals surface area contributed by atoms with Crippen LogP contribution in [0, 0.1) is 0 Å². The summed E-state index contributed by atoms with van der Waals surface area (Å²) < 4.78 is 3.13. The fourth-order valence-electron chi connectivity index (χ4n) is 0.239. The Morgan fingerprint density at radius 1 is 1.57 bits per heavy atom. The van der Waals surface area contributed by atoms with Crippen LogP contribution in [0.4, 0.5) is 0 Å². The van der Waals surface area contributed by atoms with E-state index in [-0.39, 0.29) is 0 Å². The van der Waals surface area contributed by atoms with Crippen LogP contribution in [0.1, 0.15) is 0 Å². The first-order valence-electron chi connectivity index (χ1n) is 1.70. The lowest BCUT2D eigenvalue weighted by Crippen LogP contribution is -2.06. The molecule has 0 aromatic heterocycles. The fourth-order valence-corrected chi connectivity index (χ4v) is 1.28. The van der Waals surface area contributed by atoms with Gasteiger partial charge in [0.25, 0.3) is 0 Å².